The third kappa shape index (κ3) is 3.85. The molecule has 0 radical (unpaired) electrons. The van der Waals surface area contributed by atoms with Crippen LogP contribution in [0.25, 0.3) is 0 Å². The Hall–Kier alpha value is -2.07. The van der Waals surface area contributed by atoms with Gasteiger partial charge in [-0.1, -0.05) is 0 Å². The Labute approximate surface area is 242 Å². The number of imidazole rings is 1. The number of aliphatic hydroxyl groups excluding tert-OH is 1. The van der Waals surface area contributed by atoms with E-state index in [2.05, 4.69) is 9.97 Å². The Kier molecular flexibility index (Phi) is 9.12. The molecule has 0 aliphatic heterocycles. The molecule has 3 rings (SSSR count). The van der Waals surface area contributed by atoms with Gasteiger partial charge in [-0.3, -0.25) is 0 Å². The zero-order chi connectivity index (χ0) is 32.0. The molecule has 3 aromatic rings. The minimum atomic E-state index is -9.38. The first kappa shape index (κ1) is 34.4. The van der Waals surface area contributed by atoms with Crippen molar-refractivity contribution in [2.75, 3.05) is 6.61 Å². The monoisotopic (exact) mass is 784 g/mol. The van der Waals surface area contributed by atoms with Crippen LogP contribution in [0.2, 0.25) is 4.64 Å². The summed E-state index contributed by atoms with van der Waals surface area (Å²) in [7, 11) is 0. The van der Waals surface area contributed by atoms with Gasteiger partial charge in [0.05, 0.1) is 0 Å². The molecular weight excluding hydrogens is 739 g/mol. The van der Waals surface area contributed by atoms with E-state index in [1.807, 2.05) is 0 Å². The van der Waals surface area contributed by atoms with Crippen LogP contribution in [0.4, 0.5) is 26.3 Å². The zero-order valence-electron chi connectivity index (χ0n) is 25.6. The number of hydrogen-bond acceptors (Lipinski definition) is 1. The van der Waals surface area contributed by atoms with Gasteiger partial charge >= 0.3 is 243 Å². The summed E-state index contributed by atoms with van der Waals surface area (Å²) in [6, 6.07) is 8.85. The molecule has 0 saturated heterocycles. The van der Waals surface area contributed by atoms with E-state index < -0.39 is 75.4 Å². The fourth-order valence-corrected chi connectivity index (χ4v) is 29.0. The van der Waals surface area contributed by atoms with Crippen molar-refractivity contribution in [2.45, 2.75) is 98.9 Å². The van der Waals surface area contributed by atoms with Gasteiger partial charge < -0.3 is 0 Å². The Balaban J connectivity index is 3.35. The van der Waals surface area contributed by atoms with Gasteiger partial charge in [-0.15, -0.1) is 0 Å². The summed E-state index contributed by atoms with van der Waals surface area (Å²) in [6.07, 6.45) is 1.53. The first-order valence-corrected chi connectivity index (χ1v) is 21.0. The molecule has 1 heterocycles. The SMILES string of the molecule is CC(C)c1cccc(C(C)C)[c]1[Au]([CH2]CCO)([c]1c(C(C)C)cccc1C(C)C)(=[c]1[nH]cc[nH]1)([C](F)(F)F)[C](F)(F)F. The summed E-state index contributed by atoms with van der Waals surface area (Å²) in [6.45, 7) is 12.3. The van der Waals surface area contributed by atoms with Gasteiger partial charge in [0.15, 0.2) is 0 Å². The normalized spacial score (nSPS) is 15.1. The Morgan fingerprint density at radius 3 is 1.17 bits per heavy atom. The molecule has 0 unspecified atom stereocenters. The number of halogens is 6. The van der Waals surface area contributed by atoms with Crippen LogP contribution >= 0.6 is 0 Å². The molecule has 42 heavy (non-hydrogen) atoms. The number of benzene rings is 2. The molecule has 0 aliphatic carbocycles. The molecule has 1 aromatic heterocycles. The van der Waals surface area contributed by atoms with E-state index in [0.717, 1.165) is 12.4 Å². The summed E-state index contributed by atoms with van der Waals surface area (Å²) in [5.74, 6) is -2.68. The van der Waals surface area contributed by atoms with Crippen molar-refractivity contribution < 1.29 is 45.5 Å². The van der Waals surface area contributed by atoms with Crippen LogP contribution in [0, 0.1) is 3.63 Å². The average Bonchev–Trinajstić information content (AvgIpc) is 3.44. The van der Waals surface area contributed by atoms with E-state index in [0.29, 0.717) is 0 Å². The van der Waals surface area contributed by atoms with Crippen molar-refractivity contribution in [2.24, 2.45) is 0 Å². The number of H-pyrrole nitrogens is 2. The van der Waals surface area contributed by atoms with Crippen LogP contribution < -0.4 is 7.56 Å². The molecule has 0 spiro atoms. The molecule has 0 amide bonds. The number of aromatic nitrogens is 2. The van der Waals surface area contributed by atoms with Crippen molar-refractivity contribution in [3.05, 3.63) is 74.7 Å². The van der Waals surface area contributed by atoms with Gasteiger partial charge in [-0.25, -0.2) is 0 Å². The van der Waals surface area contributed by atoms with Crippen LogP contribution in [-0.2, 0) is 14.0 Å². The van der Waals surface area contributed by atoms with E-state index in [9.17, 15) is 5.11 Å². The summed E-state index contributed by atoms with van der Waals surface area (Å²) in [4.78, 5) is 5.09. The number of hydrogen-bond donors (Lipinski definition) is 3. The third-order valence-electron chi connectivity index (χ3n) is 7.79. The fourth-order valence-electron chi connectivity index (χ4n) is 5.79. The third-order valence-corrected chi connectivity index (χ3v) is 29.8. The van der Waals surface area contributed by atoms with Crippen LogP contribution in [0.15, 0.2) is 48.8 Å². The molecule has 0 aliphatic rings. The molecule has 242 valence electrons. The van der Waals surface area contributed by atoms with Gasteiger partial charge in [-0.05, 0) is 0 Å². The van der Waals surface area contributed by atoms with Crippen molar-refractivity contribution in [1.29, 1.82) is 0 Å². The van der Waals surface area contributed by atoms with Gasteiger partial charge in [0.25, 0.3) is 0 Å². The number of rotatable bonds is 9. The fraction of sp³-hybridized carbons (Fsp3) is 0.531. The van der Waals surface area contributed by atoms with Gasteiger partial charge in [0, 0.05) is 0 Å². The Bertz CT molecular complexity index is 1400. The van der Waals surface area contributed by atoms with E-state index in [1.54, 1.807) is 67.5 Å². The maximum atomic E-state index is 17.5. The minimum absolute atomic E-state index is 0.0191. The molecular formula is C32H45AuF6N2O. The van der Waals surface area contributed by atoms with Crippen LogP contribution in [0.3, 0.4) is 0 Å². The summed E-state index contributed by atoms with van der Waals surface area (Å²) < 4.78 is 89.4. The van der Waals surface area contributed by atoms with E-state index in [4.69, 9.17) is 0 Å². The topological polar surface area (TPSA) is 51.8 Å². The predicted molar refractivity (Wildman–Crippen MR) is 156 cm³/mol. The summed E-state index contributed by atoms with van der Waals surface area (Å²) >= 11 is -9.38. The molecule has 0 fully saturated rings. The van der Waals surface area contributed by atoms with Crippen LogP contribution in [0.5, 0.6) is 0 Å². The molecule has 3 nitrogen and oxygen atoms in total. The number of aromatic amines is 2. The Morgan fingerprint density at radius 2 is 0.929 bits per heavy atom. The second-order valence-corrected chi connectivity index (χ2v) is 27.8. The van der Waals surface area contributed by atoms with Gasteiger partial charge in [0.1, 0.15) is 0 Å². The molecule has 10 heteroatoms. The standard InChI is InChI=1S/2C12H17.C3H4N2.C3H7O.2CF3.Au/c2*1-9(2)11-6-5-7-12(8-11)10(3)4;1-2-5-3-4-1;1-2-3-4;2*2-1(3)4;/h2*5-7,9-10H,1-4H3;1-2,4-5H;4H,1-3H2;;;. The molecule has 0 atom stereocenters. The Morgan fingerprint density at radius 1 is 0.619 bits per heavy atom. The van der Waals surface area contributed by atoms with E-state index >= 15 is 26.3 Å². The molecule has 3 N–H and O–H groups in total. The summed E-state index contributed by atoms with van der Waals surface area (Å²) in [5, 5.41) is 10.2. The van der Waals surface area contributed by atoms with Crippen molar-refractivity contribution in [3.63, 3.8) is 0 Å². The number of alkyl halides is 6. The average molecular weight is 785 g/mol. The van der Waals surface area contributed by atoms with Crippen molar-refractivity contribution in [1.82, 2.24) is 9.97 Å². The predicted octanol–water partition coefficient (Wildman–Crippen LogP) is 9.08. The van der Waals surface area contributed by atoms with Gasteiger partial charge in [-0.2, -0.15) is 0 Å². The second-order valence-electron chi connectivity index (χ2n) is 11.7. The number of aliphatic hydroxyl groups is 1. The second kappa shape index (κ2) is 11.1. The quantitative estimate of drug-likeness (QED) is 0.147. The van der Waals surface area contributed by atoms with Crippen molar-refractivity contribution >= 4 is 7.56 Å². The molecule has 2 aromatic carbocycles. The molecule has 0 saturated carbocycles. The van der Waals surface area contributed by atoms with Crippen LogP contribution in [-0.4, -0.2) is 30.5 Å². The van der Waals surface area contributed by atoms with Crippen LogP contribution in [0.1, 0.15) is 108 Å². The zero-order valence-corrected chi connectivity index (χ0v) is 27.7. The van der Waals surface area contributed by atoms with Gasteiger partial charge in [0.2, 0.25) is 0 Å². The summed E-state index contributed by atoms with van der Waals surface area (Å²) in [5.41, 5.74) is 0.0763. The van der Waals surface area contributed by atoms with Crippen molar-refractivity contribution in [3.8, 4) is 0 Å². The molecule has 0 bridgehead atoms. The number of nitrogens with one attached hydrogen (secondary N) is 2. The van der Waals surface area contributed by atoms with E-state index in [-0.39, 0.29) is 22.3 Å². The first-order chi connectivity index (χ1) is 19.3. The maximum absolute atomic E-state index is 17.5. The first-order valence-electron chi connectivity index (χ1n) is 14.1. The van der Waals surface area contributed by atoms with E-state index in [1.165, 1.54) is 24.3 Å².